The molecule has 0 aromatic carbocycles. The van der Waals surface area contributed by atoms with Crippen molar-refractivity contribution in [1.29, 1.82) is 0 Å². The number of nitrogens with one attached hydrogen (secondary N) is 1. The average Bonchev–Trinajstić information content (AvgIpc) is 2.16. The summed E-state index contributed by atoms with van der Waals surface area (Å²) in [7, 11) is 1.40. The molecule has 0 fully saturated rings. The van der Waals surface area contributed by atoms with E-state index in [0.29, 0.717) is 12.5 Å². The van der Waals surface area contributed by atoms with Crippen molar-refractivity contribution in [2.24, 2.45) is 5.92 Å². The van der Waals surface area contributed by atoms with E-state index in [0.717, 1.165) is 6.54 Å². The zero-order valence-electron chi connectivity index (χ0n) is 9.18. The zero-order chi connectivity index (χ0) is 11.0. The molecule has 3 nitrogen and oxygen atoms in total. The Labute approximate surface area is 94.7 Å². The predicted molar refractivity (Wildman–Crippen MR) is 61.7 cm³/mol. The maximum atomic E-state index is 11.0. The van der Waals surface area contributed by atoms with Crippen LogP contribution < -0.4 is 5.32 Å². The fourth-order valence-corrected chi connectivity index (χ4v) is 1.68. The normalized spacial score (nSPS) is 14.9. The van der Waals surface area contributed by atoms with Gasteiger partial charge in [-0.2, -0.15) is 0 Å². The van der Waals surface area contributed by atoms with E-state index < -0.39 is 0 Å². The molecule has 14 heavy (non-hydrogen) atoms. The van der Waals surface area contributed by atoms with Gasteiger partial charge in [-0.1, -0.05) is 36.2 Å². The first-order valence-corrected chi connectivity index (χ1v) is 5.96. The minimum atomic E-state index is -0.235. The van der Waals surface area contributed by atoms with Crippen LogP contribution >= 0.6 is 15.9 Å². The van der Waals surface area contributed by atoms with Gasteiger partial charge in [-0.05, 0) is 18.9 Å². The number of alkyl halides is 1. The van der Waals surface area contributed by atoms with Gasteiger partial charge in [-0.15, -0.1) is 0 Å². The Kier molecular flexibility index (Phi) is 8.18. The topological polar surface area (TPSA) is 38.3 Å². The molecule has 0 spiro atoms. The van der Waals surface area contributed by atoms with Gasteiger partial charge in [0.2, 0.25) is 0 Å². The predicted octanol–water partition coefficient (Wildman–Crippen LogP) is 1.95. The van der Waals surface area contributed by atoms with Gasteiger partial charge >= 0.3 is 5.97 Å². The molecule has 0 amide bonds. The number of esters is 1. The van der Waals surface area contributed by atoms with Gasteiger partial charge in [0.05, 0.1) is 7.11 Å². The van der Waals surface area contributed by atoms with E-state index in [1.54, 1.807) is 0 Å². The Morgan fingerprint density at radius 2 is 2.14 bits per heavy atom. The Bertz CT molecular complexity index is 164. The molecule has 0 saturated heterocycles. The third-order valence-electron chi connectivity index (χ3n) is 2.05. The molecular weight excluding hydrogens is 246 g/mol. The molecule has 0 aromatic rings. The van der Waals surface area contributed by atoms with E-state index in [1.807, 2.05) is 0 Å². The van der Waals surface area contributed by atoms with Crippen LogP contribution in [0.15, 0.2) is 0 Å². The molecule has 0 aliphatic carbocycles. The minimum Gasteiger partial charge on any atom is -0.468 e. The smallest absolute Gasteiger partial charge is 0.320 e. The van der Waals surface area contributed by atoms with Crippen LogP contribution in [0.3, 0.4) is 0 Å². The summed E-state index contributed by atoms with van der Waals surface area (Å²) in [6, 6.07) is 0. The van der Waals surface area contributed by atoms with Crippen LogP contribution in [-0.2, 0) is 9.53 Å². The standard InChI is InChI=1S/C10H20BrNO2/c1-4-5-8(2)6-12-7-9(11)10(13)14-3/h8-9,12H,4-7H2,1-3H3. The zero-order valence-corrected chi connectivity index (χ0v) is 10.8. The van der Waals surface area contributed by atoms with E-state index in [-0.39, 0.29) is 10.8 Å². The number of hydrogen-bond donors (Lipinski definition) is 1. The Hall–Kier alpha value is -0.0900. The highest BCUT2D eigenvalue weighted by molar-refractivity contribution is 9.10. The summed E-state index contributed by atoms with van der Waals surface area (Å²) in [6.07, 6.45) is 2.43. The van der Waals surface area contributed by atoms with Crippen molar-refractivity contribution in [2.75, 3.05) is 20.2 Å². The molecule has 0 aliphatic rings. The minimum absolute atomic E-state index is 0.222. The van der Waals surface area contributed by atoms with Gasteiger partial charge in [-0.3, -0.25) is 4.79 Å². The van der Waals surface area contributed by atoms with Crippen molar-refractivity contribution in [3.05, 3.63) is 0 Å². The monoisotopic (exact) mass is 265 g/mol. The van der Waals surface area contributed by atoms with E-state index in [9.17, 15) is 4.79 Å². The van der Waals surface area contributed by atoms with E-state index >= 15 is 0 Å². The molecule has 2 unspecified atom stereocenters. The molecular formula is C10H20BrNO2. The molecule has 0 aliphatic heterocycles. The highest BCUT2D eigenvalue weighted by atomic mass is 79.9. The Balaban J connectivity index is 3.48. The van der Waals surface area contributed by atoms with E-state index in [4.69, 9.17) is 0 Å². The Morgan fingerprint density at radius 1 is 1.50 bits per heavy atom. The summed E-state index contributed by atoms with van der Waals surface area (Å²) in [5, 5.41) is 3.24. The van der Waals surface area contributed by atoms with Gasteiger partial charge in [0.1, 0.15) is 4.83 Å². The van der Waals surface area contributed by atoms with Crippen LogP contribution in [-0.4, -0.2) is 31.0 Å². The summed E-state index contributed by atoms with van der Waals surface area (Å²) < 4.78 is 4.59. The lowest BCUT2D eigenvalue weighted by molar-refractivity contribution is -0.139. The van der Waals surface area contributed by atoms with Gasteiger partial charge in [0.15, 0.2) is 0 Å². The maximum absolute atomic E-state index is 11.0. The number of ether oxygens (including phenoxy) is 1. The number of halogens is 1. The van der Waals surface area contributed by atoms with Crippen molar-refractivity contribution >= 4 is 21.9 Å². The molecule has 84 valence electrons. The number of carbonyl (C=O) groups is 1. The van der Waals surface area contributed by atoms with Crippen molar-refractivity contribution in [2.45, 2.75) is 31.5 Å². The van der Waals surface area contributed by atoms with Crippen molar-refractivity contribution < 1.29 is 9.53 Å². The van der Waals surface area contributed by atoms with Crippen LogP contribution in [0.2, 0.25) is 0 Å². The maximum Gasteiger partial charge on any atom is 0.320 e. The summed E-state index contributed by atoms with van der Waals surface area (Å²) in [5.41, 5.74) is 0. The van der Waals surface area contributed by atoms with Crippen molar-refractivity contribution in [3.63, 3.8) is 0 Å². The van der Waals surface area contributed by atoms with Crippen molar-refractivity contribution in [3.8, 4) is 0 Å². The van der Waals surface area contributed by atoms with Gasteiger partial charge in [0, 0.05) is 6.54 Å². The second-order valence-electron chi connectivity index (χ2n) is 3.54. The largest absolute Gasteiger partial charge is 0.468 e. The van der Waals surface area contributed by atoms with Gasteiger partial charge in [0.25, 0.3) is 0 Å². The molecule has 0 heterocycles. The molecule has 0 radical (unpaired) electrons. The Morgan fingerprint density at radius 3 is 2.64 bits per heavy atom. The fraction of sp³-hybridized carbons (Fsp3) is 0.900. The van der Waals surface area contributed by atoms with Crippen LogP contribution in [0.5, 0.6) is 0 Å². The molecule has 0 rings (SSSR count). The quantitative estimate of drug-likeness (QED) is 0.565. The van der Waals surface area contributed by atoms with Crippen molar-refractivity contribution in [1.82, 2.24) is 5.32 Å². The highest BCUT2D eigenvalue weighted by Crippen LogP contribution is 2.04. The summed E-state index contributed by atoms with van der Waals surface area (Å²) >= 11 is 3.26. The summed E-state index contributed by atoms with van der Waals surface area (Å²) in [5.74, 6) is 0.443. The third kappa shape index (κ3) is 6.38. The first-order valence-electron chi connectivity index (χ1n) is 5.04. The second kappa shape index (κ2) is 8.24. The SMILES string of the molecule is CCCC(C)CNCC(Br)C(=O)OC. The number of methoxy groups -OCH3 is 1. The number of carbonyl (C=O) groups excluding carboxylic acids is 1. The first-order chi connectivity index (χ1) is 6.61. The summed E-state index contributed by atoms with van der Waals surface area (Å²) in [4.78, 5) is 10.8. The molecule has 0 saturated carbocycles. The van der Waals surface area contributed by atoms with Crippen LogP contribution in [0, 0.1) is 5.92 Å². The molecule has 2 atom stereocenters. The van der Waals surface area contributed by atoms with Crippen LogP contribution in [0.1, 0.15) is 26.7 Å². The lowest BCUT2D eigenvalue weighted by atomic mass is 10.1. The molecule has 0 bridgehead atoms. The van der Waals surface area contributed by atoms with E-state index in [1.165, 1.54) is 20.0 Å². The second-order valence-corrected chi connectivity index (χ2v) is 4.65. The van der Waals surface area contributed by atoms with Crippen LogP contribution in [0.4, 0.5) is 0 Å². The molecule has 0 aromatic heterocycles. The number of rotatable bonds is 7. The third-order valence-corrected chi connectivity index (χ3v) is 2.75. The van der Waals surface area contributed by atoms with Crippen LogP contribution in [0.25, 0.3) is 0 Å². The average molecular weight is 266 g/mol. The van der Waals surface area contributed by atoms with E-state index in [2.05, 4.69) is 39.8 Å². The summed E-state index contributed by atoms with van der Waals surface area (Å²) in [6.45, 7) is 5.96. The lowest BCUT2D eigenvalue weighted by Crippen LogP contribution is -2.32. The number of hydrogen-bond acceptors (Lipinski definition) is 3. The lowest BCUT2D eigenvalue weighted by Gasteiger charge is -2.13. The van der Waals surface area contributed by atoms with Gasteiger partial charge in [-0.25, -0.2) is 0 Å². The highest BCUT2D eigenvalue weighted by Gasteiger charge is 2.14. The molecule has 4 heteroatoms. The first kappa shape index (κ1) is 13.9. The molecule has 1 N–H and O–H groups in total. The fourth-order valence-electron chi connectivity index (χ4n) is 1.26. The van der Waals surface area contributed by atoms with Gasteiger partial charge < -0.3 is 10.1 Å².